The van der Waals surface area contributed by atoms with E-state index in [0.29, 0.717) is 11.5 Å². The van der Waals surface area contributed by atoms with Crippen LogP contribution in [-0.2, 0) is 10.3 Å². The molecule has 2 nitrogen and oxygen atoms in total. The third kappa shape index (κ3) is 2.35. The molecular weight excluding hydrogens is 217 g/mol. The van der Waals surface area contributed by atoms with E-state index in [1.807, 2.05) is 19.1 Å². The standard InChI is InChI=1S/C14H20FNO/c1-2-14(16,11-7-9-17-10-8-11)12-5-3-4-6-13(12)15/h3-6,11H,2,7-10,16H2,1H3. The molecule has 2 rings (SSSR count). The maximum absolute atomic E-state index is 13.9. The van der Waals surface area contributed by atoms with Crippen molar-refractivity contribution >= 4 is 0 Å². The van der Waals surface area contributed by atoms with Crippen molar-refractivity contribution in [3.63, 3.8) is 0 Å². The van der Waals surface area contributed by atoms with E-state index in [2.05, 4.69) is 0 Å². The minimum Gasteiger partial charge on any atom is -0.381 e. The average molecular weight is 237 g/mol. The molecule has 1 atom stereocenters. The maximum atomic E-state index is 13.9. The van der Waals surface area contributed by atoms with Crippen LogP contribution in [0.2, 0.25) is 0 Å². The fourth-order valence-corrected chi connectivity index (χ4v) is 2.75. The van der Waals surface area contributed by atoms with Crippen molar-refractivity contribution in [1.82, 2.24) is 0 Å². The molecule has 2 N–H and O–H groups in total. The Bertz CT molecular complexity index is 376. The van der Waals surface area contributed by atoms with Gasteiger partial charge < -0.3 is 10.5 Å². The monoisotopic (exact) mass is 237 g/mol. The Morgan fingerprint density at radius 3 is 2.59 bits per heavy atom. The first-order valence-corrected chi connectivity index (χ1v) is 6.30. The van der Waals surface area contributed by atoms with Crippen LogP contribution >= 0.6 is 0 Å². The second kappa shape index (κ2) is 5.15. The van der Waals surface area contributed by atoms with E-state index in [1.54, 1.807) is 6.07 Å². The Balaban J connectivity index is 2.32. The molecule has 0 bridgehead atoms. The van der Waals surface area contributed by atoms with Crippen LogP contribution in [0.3, 0.4) is 0 Å². The molecule has 1 saturated heterocycles. The van der Waals surface area contributed by atoms with Crippen LogP contribution < -0.4 is 5.73 Å². The van der Waals surface area contributed by atoms with Crippen LogP contribution in [-0.4, -0.2) is 13.2 Å². The lowest BCUT2D eigenvalue weighted by molar-refractivity contribution is 0.0352. The molecule has 0 amide bonds. The van der Waals surface area contributed by atoms with Crippen LogP contribution in [0, 0.1) is 11.7 Å². The quantitative estimate of drug-likeness (QED) is 0.877. The molecule has 0 radical (unpaired) electrons. The summed E-state index contributed by atoms with van der Waals surface area (Å²) in [6.07, 6.45) is 2.58. The van der Waals surface area contributed by atoms with Crippen molar-refractivity contribution in [3.8, 4) is 0 Å². The van der Waals surface area contributed by atoms with Crippen molar-refractivity contribution in [1.29, 1.82) is 0 Å². The highest BCUT2D eigenvalue weighted by molar-refractivity contribution is 5.27. The highest BCUT2D eigenvalue weighted by Gasteiger charge is 2.37. The summed E-state index contributed by atoms with van der Waals surface area (Å²) in [6, 6.07) is 6.87. The Kier molecular flexibility index (Phi) is 3.79. The van der Waals surface area contributed by atoms with Crippen molar-refractivity contribution in [3.05, 3.63) is 35.6 Å². The second-order valence-corrected chi connectivity index (χ2v) is 4.76. The molecule has 1 aromatic carbocycles. The molecule has 0 aromatic heterocycles. The number of hydrogen-bond acceptors (Lipinski definition) is 2. The Morgan fingerprint density at radius 2 is 2.00 bits per heavy atom. The first kappa shape index (κ1) is 12.5. The summed E-state index contributed by atoms with van der Waals surface area (Å²) in [7, 11) is 0. The van der Waals surface area contributed by atoms with Crippen LogP contribution in [0.4, 0.5) is 4.39 Å². The normalized spacial score (nSPS) is 21.1. The Morgan fingerprint density at radius 1 is 1.35 bits per heavy atom. The van der Waals surface area contributed by atoms with Gasteiger partial charge in [-0.2, -0.15) is 0 Å². The highest BCUT2D eigenvalue weighted by Crippen LogP contribution is 2.37. The van der Waals surface area contributed by atoms with Crippen molar-refractivity contribution in [2.75, 3.05) is 13.2 Å². The van der Waals surface area contributed by atoms with E-state index in [4.69, 9.17) is 10.5 Å². The fourth-order valence-electron chi connectivity index (χ4n) is 2.75. The maximum Gasteiger partial charge on any atom is 0.128 e. The van der Waals surface area contributed by atoms with Crippen molar-refractivity contribution in [2.24, 2.45) is 11.7 Å². The molecule has 1 heterocycles. The number of nitrogens with two attached hydrogens (primary N) is 1. The third-order valence-electron chi connectivity index (χ3n) is 3.91. The van der Waals surface area contributed by atoms with Gasteiger partial charge >= 0.3 is 0 Å². The van der Waals surface area contributed by atoms with E-state index >= 15 is 0 Å². The number of rotatable bonds is 3. The lowest BCUT2D eigenvalue weighted by Crippen LogP contribution is -2.46. The molecular formula is C14H20FNO. The summed E-state index contributed by atoms with van der Waals surface area (Å²) < 4.78 is 19.3. The summed E-state index contributed by atoms with van der Waals surface area (Å²) in [5.41, 5.74) is 6.59. The summed E-state index contributed by atoms with van der Waals surface area (Å²) in [5.74, 6) is 0.112. The predicted molar refractivity (Wildman–Crippen MR) is 66.1 cm³/mol. The van der Waals surface area contributed by atoms with E-state index in [-0.39, 0.29) is 5.82 Å². The Hall–Kier alpha value is -0.930. The summed E-state index contributed by atoms with van der Waals surface area (Å²) in [5, 5.41) is 0. The van der Waals surface area contributed by atoms with Gasteiger partial charge in [0.15, 0.2) is 0 Å². The summed E-state index contributed by atoms with van der Waals surface area (Å²) >= 11 is 0. The van der Waals surface area contributed by atoms with Gasteiger partial charge in [0.05, 0.1) is 0 Å². The summed E-state index contributed by atoms with van der Waals surface area (Å²) in [6.45, 7) is 3.50. The molecule has 17 heavy (non-hydrogen) atoms. The van der Waals surface area contributed by atoms with Gasteiger partial charge in [0, 0.05) is 24.3 Å². The first-order valence-electron chi connectivity index (χ1n) is 6.30. The van der Waals surface area contributed by atoms with Crippen LogP contribution in [0.5, 0.6) is 0 Å². The van der Waals surface area contributed by atoms with E-state index < -0.39 is 5.54 Å². The van der Waals surface area contributed by atoms with Crippen LogP contribution in [0.25, 0.3) is 0 Å². The van der Waals surface area contributed by atoms with Gasteiger partial charge in [0.25, 0.3) is 0 Å². The van der Waals surface area contributed by atoms with Gasteiger partial charge in [0.1, 0.15) is 5.82 Å². The molecule has 1 fully saturated rings. The molecule has 0 aliphatic carbocycles. The smallest absolute Gasteiger partial charge is 0.128 e. The minimum absolute atomic E-state index is 0.191. The van der Waals surface area contributed by atoms with Crippen LogP contribution in [0.15, 0.2) is 24.3 Å². The predicted octanol–water partition coefficient (Wildman–Crippen LogP) is 2.82. The van der Waals surface area contributed by atoms with Gasteiger partial charge in [-0.1, -0.05) is 25.1 Å². The first-order chi connectivity index (χ1) is 8.18. The zero-order valence-electron chi connectivity index (χ0n) is 10.3. The SMILES string of the molecule is CCC(N)(c1ccccc1F)C1CCOCC1. The minimum atomic E-state index is -0.560. The van der Waals surface area contributed by atoms with E-state index in [9.17, 15) is 4.39 Å². The Labute approximate surface area is 102 Å². The average Bonchev–Trinajstić information content (AvgIpc) is 2.39. The molecule has 1 aliphatic heterocycles. The van der Waals surface area contributed by atoms with E-state index in [0.717, 1.165) is 32.5 Å². The van der Waals surface area contributed by atoms with Gasteiger partial charge in [-0.05, 0) is 31.2 Å². The van der Waals surface area contributed by atoms with Gasteiger partial charge in [0.2, 0.25) is 0 Å². The van der Waals surface area contributed by atoms with Crippen molar-refractivity contribution in [2.45, 2.75) is 31.7 Å². The fraction of sp³-hybridized carbons (Fsp3) is 0.571. The lowest BCUT2D eigenvalue weighted by Gasteiger charge is -2.39. The molecule has 1 unspecified atom stereocenters. The van der Waals surface area contributed by atoms with Crippen LogP contribution in [0.1, 0.15) is 31.7 Å². The van der Waals surface area contributed by atoms with Gasteiger partial charge in [-0.3, -0.25) is 0 Å². The number of hydrogen-bond donors (Lipinski definition) is 1. The highest BCUT2D eigenvalue weighted by atomic mass is 19.1. The molecule has 0 spiro atoms. The summed E-state index contributed by atoms with van der Waals surface area (Å²) in [4.78, 5) is 0. The number of ether oxygens (including phenoxy) is 1. The molecule has 94 valence electrons. The molecule has 1 aliphatic rings. The lowest BCUT2D eigenvalue weighted by atomic mass is 9.73. The zero-order chi connectivity index (χ0) is 12.3. The zero-order valence-corrected chi connectivity index (χ0v) is 10.3. The molecule has 0 saturated carbocycles. The largest absolute Gasteiger partial charge is 0.381 e. The van der Waals surface area contributed by atoms with E-state index in [1.165, 1.54) is 6.07 Å². The van der Waals surface area contributed by atoms with Gasteiger partial charge in [-0.25, -0.2) is 4.39 Å². The second-order valence-electron chi connectivity index (χ2n) is 4.76. The number of halogens is 1. The topological polar surface area (TPSA) is 35.2 Å². The number of benzene rings is 1. The van der Waals surface area contributed by atoms with Crippen molar-refractivity contribution < 1.29 is 9.13 Å². The molecule has 1 aromatic rings. The third-order valence-corrected chi connectivity index (χ3v) is 3.91. The molecule has 3 heteroatoms. The van der Waals surface area contributed by atoms with Gasteiger partial charge in [-0.15, -0.1) is 0 Å².